The van der Waals surface area contributed by atoms with Gasteiger partial charge in [-0.05, 0) is 30.3 Å². The number of morpholine rings is 1. The highest BCUT2D eigenvalue weighted by atomic mass is 16.5. The summed E-state index contributed by atoms with van der Waals surface area (Å²) in [6.07, 6.45) is 0. The standard InChI is InChI=1S/C21H22N4O2/c1-26-15-6-7-19-16(14-15)20-21(23-18-5-3-2-4-17(18)22-20)25(19)9-8-24-10-12-27-13-11-24/h2-7,14H,8-13H2,1H3/p+1. The molecule has 0 atom stereocenters. The van der Waals surface area contributed by atoms with E-state index in [1.165, 1.54) is 0 Å². The van der Waals surface area contributed by atoms with E-state index in [2.05, 4.69) is 16.7 Å². The second-order valence-corrected chi connectivity index (χ2v) is 7.03. The fourth-order valence-corrected chi connectivity index (χ4v) is 3.95. The summed E-state index contributed by atoms with van der Waals surface area (Å²) in [6, 6.07) is 14.3. The van der Waals surface area contributed by atoms with E-state index < -0.39 is 0 Å². The van der Waals surface area contributed by atoms with Crippen molar-refractivity contribution in [2.24, 2.45) is 0 Å². The van der Waals surface area contributed by atoms with Gasteiger partial charge in [-0.15, -0.1) is 0 Å². The van der Waals surface area contributed by atoms with Gasteiger partial charge in [0.05, 0.1) is 50.0 Å². The number of para-hydroxylation sites is 2. The summed E-state index contributed by atoms with van der Waals surface area (Å²) < 4.78 is 13.2. The van der Waals surface area contributed by atoms with Gasteiger partial charge in [0, 0.05) is 5.39 Å². The van der Waals surface area contributed by atoms with Crippen molar-refractivity contribution >= 4 is 33.1 Å². The molecule has 6 nitrogen and oxygen atoms in total. The molecule has 1 fully saturated rings. The minimum atomic E-state index is 0.843. The Labute approximate surface area is 157 Å². The Morgan fingerprint density at radius 3 is 2.63 bits per heavy atom. The zero-order valence-corrected chi connectivity index (χ0v) is 15.4. The summed E-state index contributed by atoms with van der Waals surface area (Å²) >= 11 is 0. The highest BCUT2D eigenvalue weighted by Gasteiger charge is 2.18. The third kappa shape index (κ3) is 2.91. The lowest BCUT2D eigenvalue weighted by Crippen LogP contribution is -3.14. The van der Waals surface area contributed by atoms with E-state index in [1.807, 2.05) is 30.3 Å². The van der Waals surface area contributed by atoms with E-state index in [9.17, 15) is 0 Å². The molecule has 0 bridgehead atoms. The quantitative estimate of drug-likeness (QED) is 0.599. The molecule has 0 spiro atoms. The second-order valence-electron chi connectivity index (χ2n) is 7.03. The maximum Gasteiger partial charge on any atom is 0.160 e. The number of quaternary nitrogens is 1. The fourth-order valence-electron chi connectivity index (χ4n) is 3.95. The Morgan fingerprint density at radius 1 is 1.07 bits per heavy atom. The van der Waals surface area contributed by atoms with Crippen LogP contribution in [0.1, 0.15) is 0 Å². The molecule has 5 rings (SSSR count). The number of methoxy groups -OCH3 is 1. The van der Waals surface area contributed by atoms with Crippen molar-refractivity contribution in [3.63, 3.8) is 0 Å². The third-order valence-electron chi connectivity index (χ3n) is 5.45. The van der Waals surface area contributed by atoms with E-state index in [4.69, 9.17) is 19.4 Å². The largest absolute Gasteiger partial charge is 0.497 e. The molecule has 0 radical (unpaired) electrons. The van der Waals surface area contributed by atoms with Gasteiger partial charge in [0.2, 0.25) is 0 Å². The van der Waals surface area contributed by atoms with Crippen LogP contribution in [-0.2, 0) is 11.3 Å². The molecule has 0 amide bonds. The van der Waals surface area contributed by atoms with Crippen molar-refractivity contribution in [2.45, 2.75) is 6.54 Å². The molecule has 1 aliphatic rings. The summed E-state index contributed by atoms with van der Waals surface area (Å²) in [4.78, 5) is 11.5. The smallest absolute Gasteiger partial charge is 0.160 e. The first-order valence-electron chi connectivity index (χ1n) is 9.47. The molecule has 0 aliphatic carbocycles. The fraction of sp³-hybridized carbons (Fsp3) is 0.333. The number of nitrogens with one attached hydrogen (secondary N) is 1. The summed E-state index contributed by atoms with van der Waals surface area (Å²) in [5, 5.41) is 1.10. The van der Waals surface area contributed by atoms with Crippen molar-refractivity contribution < 1.29 is 14.4 Å². The molecule has 3 heterocycles. The summed E-state index contributed by atoms with van der Waals surface area (Å²) in [7, 11) is 1.70. The summed E-state index contributed by atoms with van der Waals surface area (Å²) in [5.41, 5.74) is 4.91. The van der Waals surface area contributed by atoms with Gasteiger partial charge in [-0.3, -0.25) is 0 Å². The Bertz CT molecular complexity index is 1120. The number of hydrogen-bond donors (Lipinski definition) is 1. The lowest BCUT2D eigenvalue weighted by atomic mass is 10.2. The SMILES string of the molecule is COc1ccc2c(c1)c1nc3ccccc3nc1n2CC[NH+]1CCOCC1. The van der Waals surface area contributed by atoms with Crippen LogP contribution in [0.15, 0.2) is 42.5 Å². The minimum absolute atomic E-state index is 0.843. The van der Waals surface area contributed by atoms with Crippen molar-refractivity contribution in [2.75, 3.05) is 40.0 Å². The minimum Gasteiger partial charge on any atom is -0.497 e. The van der Waals surface area contributed by atoms with Crippen LogP contribution in [-0.4, -0.2) is 54.5 Å². The first-order chi connectivity index (χ1) is 13.3. The number of fused-ring (bicyclic) bond motifs is 4. The highest BCUT2D eigenvalue weighted by molar-refractivity contribution is 6.06. The number of rotatable bonds is 4. The van der Waals surface area contributed by atoms with Gasteiger partial charge in [0.15, 0.2) is 5.65 Å². The maximum absolute atomic E-state index is 5.49. The number of hydrogen-bond acceptors (Lipinski definition) is 4. The van der Waals surface area contributed by atoms with E-state index in [0.29, 0.717) is 0 Å². The predicted octanol–water partition coefficient (Wildman–Crippen LogP) is 1.66. The molecule has 1 saturated heterocycles. The first-order valence-corrected chi connectivity index (χ1v) is 9.47. The topological polar surface area (TPSA) is 53.6 Å². The number of ether oxygens (including phenoxy) is 2. The molecule has 0 saturated carbocycles. The van der Waals surface area contributed by atoms with E-state index in [0.717, 1.165) is 78.2 Å². The lowest BCUT2D eigenvalue weighted by molar-refractivity contribution is -0.908. The molecule has 2 aromatic heterocycles. The molecule has 138 valence electrons. The first kappa shape index (κ1) is 16.5. The zero-order chi connectivity index (χ0) is 18.2. The molecular formula is C21H23N4O2+. The lowest BCUT2D eigenvalue weighted by Gasteiger charge is -2.24. The molecule has 0 unspecified atom stereocenters. The second kappa shape index (κ2) is 6.79. The van der Waals surface area contributed by atoms with Crippen molar-refractivity contribution in [3.05, 3.63) is 42.5 Å². The Morgan fingerprint density at radius 2 is 1.85 bits per heavy atom. The van der Waals surface area contributed by atoms with E-state index in [1.54, 1.807) is 12.0 Å². The molecule has 4 aromatic rings. The van der Waals surface area contributed by atoms with Crippen molar-refractivity contribution in [1.82, 2.24) is 14.5 Å². The summed E-state index contributed by atoms with van der Waals surface area (Å²) in [6.45, 7) is 5.81. The highest BCUT2D eigenvalue weighted by Crippen LogP contribution is 2.30. The van der Waals surface area contributed by atoms with Crippen LogP contribution in [0.2, 0.25) is 0 Å². The number of benzene rings is 2. The Kier molecular flexibility index (Phi) is 4.14. The number of nitrogens with zero attached hydrogens (tertiary/aromatic N) is 3. The van der Waals surface area contributed by atoms with Crippen LogP contribution in [0.4, 0.5) is 0 Å². The monoisotopic (exact) mass is 363 g/mol. The summed E-state index contributed by atoms with van der Waals surface area (Å²) in [5.74, 6) is 0.843. The van der Waals surface area contributed by atoms with Crippen LogP contribution in [0, 0.1) is 0 Å². The number of aromatic nitrogens is 3. The predicted molar refractivity (Wildman–Crippen MR) is 105 cm³/mol. The molecular weight excluding hydrogens is 340 g/mol. The molecule has 1 N–H and O–H groups in total. The van der Waals surface area contributed by atoms with E-state index in [-0.39, 0.29) is 0 Å². The van der Waals surface area contributed by atoms with Crippen LogP contribution in [0.5, 0.6) is 5.75 Å². The van der Waals surface area contributed by atoms with Crippen LogP contribution in [0.3, 0.4) is 0 Å². The van der Waals surface area contributed by atoms with Gasteiger partial charge in [0.25, 0.3) is 0 Å². The average Bonchev–Trinajstić information content (AvgIpc) is 3.03. The van der Waals surface area contributed by atoms with Crippen molar-refractivity contribution in [3.8, 4) is 5.75 Å². The molecule has 1 aliphatic heterocycles. The van der Waals surface area contributed by atoms with Gasteiger partial charge < -0.3 is 18.9 Å². The van der Waals surface area contributed by atoms with Crippen LogP contribution < -0.4 is 9.64 Å². The third-order valence-corrected chi connectivity index (χ3v) is 5.45. The Balaban J connectivity index is 1.66. The van der Waals surface area contributed by atoms with Crippen LogP contribution in [0.25, 0.3) is 33.1 Å². The Hall–Kier alpha value is -2.70. The molecule has 6 heteroatoms. The van der Waals surface area contributed by atoms with Gasteiger partial charge >= 0.3 is 0 Å². The van der Waals surface area contributed by atoms with Gasteiger partial charge in [-0.1, -0.05) is 12.1 Å². The normalized spacial score (nSPS) is 15.7. The van der Waals surface area contributed by atoms with Gasteiger partial charge in [-0.25, -0.2) is 9.97 Å². The maximum atomic E-state index is 5.49. The van der Waals surface area contributed by atoms with Crippen molar-refractivity contribution in [1.29, 1.82) is 0 Å². The van der Waals surface area contributed by atoms with Gasteiger partial charge in [-0.2, -0.15) is 0 Å². The molecule has 27 heavy (non-hydrogen) atoms. The zero-order valence-electron chi connectivity index (χ0n) is 15.4. The van der Waals surface area contributed by atoms with Crippen LogP contribution >= 0.6 is 0 Å². The van der Waals surface area contributed by atoms with E-state index >= 15 is 0 Å². The average molecular weight is 363 g/mol. The molecule has 2 aromatic carbocycles. The van der Waals surface area contributed by atoms with Gasteiger partial charge in [0.1, 0.15) is 24.4 Å².